The molecule has 4 rings (SSSR count). The van der Waals surface area contributed by atoms with Gasteiger partial charge in [-0.2, -0.15) is 5.10 Å². The summed E-state index contributed by atoms with van der Waals surface area (Å²) >= 11 is 0. The molecule has 7 heteroatoms. The highest BCUT2D eigenvalue weighted by atomic mass is 16.5. The van der Waals surface area contributed by atoms with Crippen LogP contribution in [-0.2, 0) is 19.9 Å². The number of rotatable bonds is 3. The Morgan fingerprint density at radius 3 is 3.04 bits per heavy atom. The van der Waals surface area contributed by atoms with Crippen LogP contribution >= 0.6 is 0 Å². The predicted molar refractivity (Wildman–Crippen MR) is 89.1 cm³/mol. The summed E-state index contributed by atoms with van der Waals surface area (Å²) in [4.78, 5) is 14.9. The third-order valence-electron chi connectivity index (χ3n) is 4.98. The monoisotopic (exact) mass is 329 g/mol. The fourth-order valence-electron chi connectivity index (χ4n) is 3.72. The molecule has 0 saturated carbocycles. The maximum atomic E-state index is 12.6. The van der Waals surface area contributed by atoms with Gasteiger partial charge in [-0.1, -0.05) is 5.16 Å². The van der Waals surface area contributed by atoms with Crippen molar-refractivity contribution in [3.63, 3.8) is 0 Å². The number of aromatic nitrogens is 3. The fraction of sp³-hybridized carbons (Fsp3) is 0.588. The molecule has 3 heterocycles. The number of amides is 1. The van der Waals surface area contributed by atoms with Crippen LogP contribution in [0.1, 0.15) is 47.5 Å². The van der Waals surface area contributed by atoms with E-state index in [9.17, 15) is 4.79 Å². The van der Waals surface area contributed by atoms with E-state index in [4.69, 9.17) is 4.52 Å². The van der Waals surface area contributed by atoms with Crippen LogP contribution in [0.15, 0.2) is 16.9 Å². The normalized spacial score (nSPS) is 20.7. The molecule has 0 unspecified atom stereocenters. The van der Waals surface area contributed by atoms with Crippen LogP contribution in [0.5, 0.6) is 0 Å². The van der Waals surface area contributed by atoms with Gasteiger partial charge in [-0.05, 0) is 32.1 Å². The molecule has 0 radical (unpaired) electrons. The minimum atomic E-state index is -0.0973. The number of fused-ring (bicyclic) bond motifs is 1. The highest BCUT2D eigenvalue weighted by Crippen LogP contribution is 2.25. The van der Waals surface area contributed by atoms with E-state index in [1.54, 1.807) is 4.68 Å². The number of anilines is 1. The highest BCUT2D eigenvalue weighted by molar-refractivity contribution is 5.94. The first-order chi connectivity index (χ1) is 11.7. The van der Waals surface area contributed by atoms with Crippen molar-refractivity contribution in [3.8, 4) is 0 Å². The maximum Gasteiger partial charge on any atom is 0.274 e. The topological polar surface area (TPSA) is 76.2 Å². The molecule has 1 aliphatic carbocycles. The van der Waals surface area contributed by atoms with Crippen molar-refractivity contribution in [2.45, 2.75) is 44.6 Å². The Bertz CT molecular complexity index is 735. The van der Waals surface area contributed by atoms with E-state index in [0.717, 1.165) is 68.6 Å². The van der Waals surface area contributed by atoms with Crippen molar-refractivity contribution in [1.29, 1.82) is 0 Å². The molecule has 0 spiro atoms. The Morgan fingerprint density at radius 1 is 1.33 bits per heavy atom. The zero-order valence-electron chi connectivity index (χ0n) is 14.0. The molecule has 2 aliphatic rings. The molecule has 7 nitrogen and oxygen atoms in total. The minimum absolute atomic E-state index is 0.0973. The van der Waals surface area contributed by atoms with Crippen LogP contribution in [0.2, 0.25) is 0 Å². The first-order valence-electron chi connectivity index (χ1n) is 8.72. The first-order valence-corrected chi connectivity index (χ1v) is 8.72. The number of carbonyl (C=O) groups is 1. The van der Waals surface area contributed by atoms with Crippen molar-refractivity contribution in [2.75, 3.05) is 18.0 Å². The molecule has 1 atom stereocenters. The van der Waals surface area contributed by atoms with E-state index in [-0.39, 0.29) is 11.9 Å². The Morgan fingerprint density at radius 2 is 2.21 bits per heavy atom. The summed E-state index contributed by atoms with van der Waals surface area (Å²) in [6, 6.07) is 0.127. The van der Waals surface area contributed by atoms with Gasteiger partial charge in [0.05, 0.1) is 11.9 Å². The van der Waals surface area contributed by atoms with Gasteiger partial charge in [0.2, 0.25) is 0 Å². The molecule has 128 valence electrons. The highest BCUT2D eigenvalue weighted by Gasteiger charge is 2.27. The quantitative estimate of drug-likeness (QED) is 0.927. The lowest BCUT2D eigenvalue weighted by molar-refractivity contribution is 0.0923. The van der Waals surface area contributed by atoms with Crippen molar-refractivity contribution in [3.05, 3.63) is 29.4 Å². The molecule has 1 aliphatic heterocycles. The van der Waals surface area contributed by atoms with Gasteiger partial charge in [0.15, 0.2) is 5.69 Å². The number of hydrogen-bond acceptors (Lipinski definition) is 5. The molecule has 1 amide bonds. The van der Waals surface area contributed by atoms with Crippen LogP contribution in [0.3, 0.4) is 0 Å². The second-order valence-corrected chi connectivity index (χ2v) is 6.77. The van der Waals surface area contributed by atoms with Crippen LogP contribution in [0, 0.1) is 0 Å². The standard InChI is InChI=1S/C17H23N5O2/c1-21-11-13(9-18-21)22-8-4-5-12(10-22)19-17(23)16-14-6-2-3-7-15(14)24-20-16/h9,11-12H,2-8,10H2,1H3,(H,19,23)/t12-/m1/s1. The van der Waals surface area contributed by atoms with E-state index in [2.05, 4.69) is 20.5 Å². The average Bonchev–Trinajstić information content (AvgIpc) is 3.21. The van der Waals surface area contributed by atoms with E-state index >= 15 is 0 Å². The Hall–Kier alpha value is -2.31. The molecule has 1 fully saturated rings. The second-order valence-electron chi connectivity index (χ2n) is 6.77. The van der Waals surface area contributed by atoms with Crippen molar-refractivity contribution < 1.29 is 9.32 Å². The maximum absolute atomic E-state index is 12.6. The van der Waals surface area contributed by atoms with Gasteiger partial charge in [-0.25, -0.2) is 0 Å². The van der Waals surface area contributed by atoms with Gasteiger partial charge in [-0.15, -0.1) is 0 Å². The lowest BCUT2D eigenvalue weighted by Gasteiger charge is -2.33. The average molecular weight is 329 g/mol. The summed E-state index contributed by atoms with van der Waals surface area (Å²) in [6.45, 7) is 1.80. The van der Waals surface area contributed by atoms with Crippen LogP contribution in [0.4, 0.5) is 5.69 Å². The summed E-state index contributed by atoms with van der Waals surface area (Å²) in [6.07, 6.45) is 9.94. The first kappa shape index (κ1) is 15.2. The van der Waals surface area contributed by atoms with E-state index in [0.29, 0.717) is 5.69 Å². The summed E-state index contributed by atoms with van der Waals surface area (Å²) in [5.41, 5.74) is 2.61. The summed E-state index contributed by atoms with van der Waals surface area (Å²) in [7, 11) is 1.92. The molecule has 1 saturated heterocycles. The zero-order chi connectivity index (χ0) is 16.5. The van der Waals surface area contributed by atoms with Crippen molar-refractivity contribution >= 4 is 11.6 Å². The summed E-state index contributed by atoms with van der Waals surface area (Å²) in [5.74, 6) is 0.798. The summed E-state index contributed by atoms with van der Waals surface area (Å²) < 4.78 is 7.16. The molecular formula is C17H23N5O2. The number of piperidine rings is 1. The lowest BCUT2D eigenvalue weighted by atomic mass is 9.96. The second kappa shape index (κ2) is 6.30. The number of nitrogens with one attached hydrogen (secondary N) is 1. The number of aryl methyl sites for hydroxylation is 2. The predicted octanol–water partition coefficient (Wildman–Crippen LogP) is 1.69. The molecule has 2 aromatic rings. The molecular weight excluding hydrogens is 306 g/mol. The fourth-order valence-corrected chi connectivity index (χ4v) is 3.72. The Labute approximate surface area is 141 Å². The number of carbonyl (C=O) groups excluding carboxylic acids is 1. The van der Waals surface area contributed by atoms with Gasteiger partial charge in [0.25, 0.3) is 5.91 Å². The van der Waals surface area contributed by atoms with Gasteiger partial charge < -0.3 is 14.7 Å². The summed E-state index contributed by atoms with van der Waals surface area (Å²) in [5, 5.41) is 11.4. The largest absolute Gasteiger partial charge is 0.367 e. The molecule has 1 N–H and O–H groups in total. The Balaban J connectivity index is 1.43. The van der Waals surface area contributed by atoms with Crippen LogP contribution in [0.25, 0.3) is 0 Å². The van der Waals surface area contributed by atoms with Gasteiger partial charge in [0.1, 0.15) is 5.76 Å². The van der Waals surface area contributed by atoms with Gasteiger partial charge in [-0.3, -0.25) is 9.48 Å². The number of hydrogen-bond donors (Lipinski definition) is 1. The Kier molecular flexibility index (Phi) is 4.00. The molecule has 0 aromatic carbocycles. The van der Waals surface area contributed by atoms with Gasteiger partial charge >= 0.3 is 0 Å². The van der Waals surface area contributed by atoms with E-state index in [1.807, 2.05) is 19.4 Å². The smallest absolute Gasteiger partial charge is 0.274 e. The molecule has 0 bridgehead atoms. The van der Waals surface area contributed by atoms with Crippen molar-refractivity contribution in [2.24, 2.45) is 7.05 Å². The third-order valence-corrected chi connectivity index (χ3v) is 4.98. The third kappa shape index (κ3) is 2.90. The van der Waals surface area contributed by atoms with Gasteiger partial charge in [0, 0.05) is 44.4 Å². The van der Waals surface area contributed by atoms with E-state index in [1.165, 1.54) is 0 Å². The zero-order valence-corrected chi connectivity index (χ0v) is 14.0. The van der Waals surface area contributed by atoms with Crippen LogP contribution in [-0.4, -0.2) is 40.0 Å². The van der Waals surface area contributed by atoms with E-state index < -0.39 is 0 Å². The SMILES string of the molecule is Cn1cc(N2CCC[C@@H](NC(=O)c3noc4c3CCCC4)C2)cn1. The number of nitrogens with zero attached hydrogens (tertiary/aromatic N) is 4. The lowest BCUT2D eigenvalue weighted by Crippen LogP contribution is -2.48. The molecule has 2 aromatic heterocycles. The van der Waals surface area contributed by atoms with Crippen LogP contribution < -0.4 is 10.2 Å². The molecule has 24 heavy (non-hydrogen) atoms. The minimum Gasteiger partial charge on any atom is -0.367 e. The van der Waals surface area contributed by atoms with Crippen molar-refractivity contribution in [1.82, 2.24) is 20.3 Å².